The monoisotopic (exact) mass is 376 g/mol. The fourth-order valence-electron chi connectivity index (χ4n) is 3.50. The normalized spacial score (nSPS) is 14.2. The number of carbonyl (C=O) groups excluding carboxylic acids is 2. The fourth-order valence-corrected chi connectivity index (χ4v) is 3.50. The first kappa shape index (κ1) is 23.7. The highest BCUT2D eigenvalue weighted by atomic mass is 16.6. The van der Waals surface area contributed by atoms with Crippen molar-refractivity contribution in [2.24, 2.45) is 0 Å². The summed E-state index contributed by atoms with van der Waals surface area (Å²) in [5.41, 5.74) is 0.372. The molecule has 0 saturated carbocycles. The number of carbonyl (C=O) groups is 2. The molecule has 0 atom stereocenters. The van der Waals surface area contributed by atoms with Crippen molar-refractivity contribution in [2.45, 2.75) is 116 Å². The maximum atomic E-state index is 11.2. The van der Waals surface area contributed by atoms with E-state index in [-0.39, 0.29) is 0 Å². The number of ether oxygens (including phenoxy) is 1. The van der Waals surface area contributed by atoms with Gasteiger partial charge in [0.1, 0.15) is 0 Å². The van der Waals surface area contributed by atoms with Crippen LogP contribution in [0, 0.1) is 0 Å². The van der Waals surface area contributed by atoms with Gasteiger partial charge in [-0.2, -0.15) is 0 Å². The molecule has 0 aromatic rings. The highest BCUT2D eigenvalue weighted by Gasteiger charge is 2.20. The van der Waals surface area contributed by atoms with Gasteiger partial charge in [-0.3, -0.25) is 0 Å². The third kappa shape index (κ3) is 13.4. The van der Waals surface area contributed by atoms with E-state index in [9.17, 15) is 9.59 Å². The van der Waals surface area contributed by atoms with Crippen LogP contribution in [0.25, 0.3) is 0 Å². The van der Waals surface area contributed by atoms with E-state index in [0.29, 0.717) is 5.57 Å². The Morgan fingerprint density at radius 2 is 1.15 bits per heavy atom. The molecule has 1 aliphatic rings. The van der Waals surface area contributed by atoms with Gasteiger partial charge in [0.25, 0.3) is 0 Å². The largest absolute Gasteiger partial charge is 0.386 e. The van der Waals surface area contributed by atoms with E-state index in [2.05, 4.69) is 11.7 Å². The third-order valence-electron chi connectivity index (χ3n) is 5.22. The van der Waals surface area contributed by atoms with Crippen LogP contribution < -0.4 is 0 Å². The third-order valence-corrected chi connectivity index (χ3v) is 5.22. The lowest BCUT2D eigenvalue weighted by Gasteiger charge is -2.03. The molecular formula is C24H40O3. The lowest BCUT2D eigenvalue weighted by Crippen LogP contribution is -2.00. The van der Waals surface area contributed by atoms with Crippen LogP contribution in [0.3, 0.4) is 0 Å². The van der Waals surface area contributed by atoms with Crippen LogP contribution in [0.5, 0.6) is 0 Å². The number of rotatable bonds is 18. The molecule has 0 saturated heterocycles. The van der Waals surface area contributed by atoms with Gasteiger partial charge in [0.05, 0.1) is 5.57 Å². The highest BCUT2D eigenvalue weighted by molar-refractivity contribution is 6.10. The van der Waals surface area contributed by atoms with Crippen molar-refractivity contribution in [3.63, 3.8) is 0 Å². The molecule has 0 aromatic heterocycles. The van der Waals surface area contributed by atoms with Crippen LogP contribution in [-0.2, 0) is 14.3 Å². The fraction of sp³-hybridized carbons (Fsp3) is 0.750. The Balaban J connectivity index is 1.76. The van der Waals surface area contributed by atoms with Crippen molar-refractivity contribution < 1.29 is 14.3 Å². The second-order valence-electron chi connectivity index (χ2n) is 7.80. The molecule has 3 heteroatoms. The van der Waals surface area contributed by atoms with E-state index in [4.69, 9.17) is 0 Å². The number of allylic oxidation sites excluding steroid dienone is 1. The number of hydrogen-bond donors (Lipinski definition) is 0. The van der Waals surface area contributed by atoms with Crippen LogP contribution >= 0.6 is 0 Å². The lowest BCUT2D eigenvalue weighted by atomic mass is 10.0. The molecule has 0 N–H and O–H groups in total. The van der Waals surface area contributed by atoms with Gasteiger partial charge in [0.15, 0.2) is 0 Å². The molecule has 0 fully saturated rings. The SMILES string of the molecule is CCCCCCCCCCCCCCCCCCC=CC1=CC(=O)OC1=O. The molecule has 154 valence electrons. The van der Waals surface area contributed by atoms with Crippen LogP contribution in [0.1, 0.15) is 116 Å². The van der Waals surface area contributed by atoms with Gasteiger partial charge in [0, 0.05) is 6.08 Å². The Bertz CT molecular complexity index is 462. The van der Waals surface area contributed by atoms with Crippen LogP contribution in [0.15, 0.2) is 23.8 Å². The second kappa shape index (κ2) is 16.8. The van der Waals surface area contributed by atoms with Crippen molar-refractivity contribution in [1.29, 1.82) is 0 Å². The molecule has 1 rings (SSSR count). The summed E-state index contributed by atoms with van der Waals surface area (Å²) < 4.78 is 4.44. The van der Waals surface area contributed by atoms with E-state index >= 15 is 0 Å². The number of hydrogen-bond acceptors (Lipinski definition) is 3. The van der Waals surface area contributed by atoms with E-state index in [1.54, 1.807) is 6.08 Å². The van der Waals surface area contributed by atoms with Crippen molar-refractivity contribution in [3.8, 4) is 0 Å². The predicted octanol–water partition coefficient (Wildman–Crippen LogP) is 7.20. The predicted molar refractivity (Wildman–Crippen MR) is 112 cm³/mol. The van der Waals surface area contributed by atoms with Gasteiger partial charge in [-0.15, -0.1) is 0 Å². The molecule has 27 heavy (non-hydrogen) atoms. The minimum absolute atomic E-state index is 0.372. The first-order chi connectivity index (χ1) is 13.2. The maximum Gasteiger partial charge on any atom is 0.346 e. The molecule has 0 aromatic carbocycles. The number of unbranched alkanes of at least 4 members (excludes halogenated alkanes) is 16. The van der Waals surface area contributed by atoms with E-state index in [1.165, 1.54) is 102 Å². The second-order valence-corrected chi connectivity index (χ2v) is 7.80. The topological polar surface area (TPSA) is 43.4 Å². The number of cyclic esters (lactones) is 2. The van der Waals surface area contributed by atoms with Crippen molar-refractivity contribution in [2.75, 3.05) is 0 Å². The van der Waals surface area contributed by atoms with Crippen LogP contribution in [-0.4, -0.2) is 11.9 Å². The van der Waals surface area contributed by atoms with Crippen molar-refractivity contribution in [1.82, 2.24) is 0 Å². The smallest absolute Gasteiger partial charge is 0.346 e. The Morgan fingerprint density at radius 1 is 0.704 bits per heavy atom. The van der Waals surface area contributed by atoms with E-state index in [1.807, 2.05) is 6.08 Å². The molecule has 3 nitrogen and oxygen atoms in total. The summed E-state index contributed by atoms with van der Waals surface area (Å²) in [7, 11) is 0. The maximum absolute atomic E-state index is 11.2. The molecule has 0 amide bonds. The first-order valence-electron chi connectivity index (χ1n) is 11.4. The molecule has 0 bridgehead atoms. The van der Waals surface area contributed by atoms with E-state index in [0.717, 1.165) is 12.8 Å². The molecule has 1 aliphatic heterocycles. The summed E-state index contributed by atoms with van der Waals surface area (Å²) in [5, 5.41) is 0. The molecule has 0 aliphatic carbocycles. The van der Waals surface area contributed by atoms with Gasteiger partial charge in [-0.05, 0) is 12.8 Å². The van der Waals surface area contributed by atoms with Crippen LogP contribution in [0.4, 0.5) is 0 Å². The molecular weight excluding hydrogens is 336 g/mol. The number of esters is 2. The average Bonchev–Trinajstić information content (AvgIpc) is 2.98. The van der Waals surface area contributed by atoms with Crippen molar-refractivity contribution in [3.05, 3.63) is 23.8 Å². The standard InChI is InChI=1S/C24H40O3/c1-2-3-4-5-6-7-8-9-10-11-12-13-14-15-16-17-18-19-20-22-21-23(25)27-24(22)26/h19-21H,2-18H2,1H3. The lowest BCUT2D eigenvalue weighted by molar-refractivity contribution is -0.150. The zero-order valence-electron chi connectivity index (χ0n) is 17.5. The van der Waals surface area contributed by atoms with Crippen LogP contribution in [0.2, 0.25) is 0 Å². The zero-order chi connectivity index (χ0) is 19.6. The highest BCUT2D eigenvalue weighted by Crippen LogP contribution is 2.14. The Kier molecular flexibility index (Phi) is 14.7. The summed E-state index contributed by atoms with van der Waals surface area (Å²) in [6, 6.07) is 0. The van der Waals surface area contributed by atoms with Gasteiger partial charge < -0.3 is 4.74 Å². The average molecular weight is 377 g/mol. The van der Waals surface area contributed by atoms with Gasteiger partial charge in [-0.1, -0.05) is 115 Å². The van der Waals surface area contributed by atoms with E-state index < -0.39 is 11.9 Å². The minimum Gasteiger partial charge on any atom is -0.386 e. The molecule has 0 spiro atoms. The summed E-state index contributed by atoms with van der Waals surface area (Å²) in [4.78, 5) is 22.1. The molecule has 0 unspecified atom stereocenters. The summed E-state index contributed by atoms with van der Waals surface area (Å²) in [6.07, 6.45) is 27.9. The molecule has 0 radical (unpaired) electrons. The zero-order valence-corrected chi connectivity index (χ0v) is 17.5. The Labute approximate surface area is 166 Å². The van der Waals surface area contributed by atoms with Gasteiger partial charge in [-0.25, -0.2) is 9.59 Å². The quantitative estimate of drug-likeness (QED) is 0.144. The summed E-state index contributed by atoms with van der Waals surface area (Å²) in [5.74, 6) is -1.08. The van der Waals surface area contributed by atoms with Gasteiger partial charge in [0.2, 0.25) is 0 Å². The Hall–Kier alpha value is -1.38. The Morgan fingerprint density at radius 3 is 1.56 bits per heavy atom. The minimum atomic E-state index is -0.554. The molecule has 1 heterocycles. The van der Waals surface area contributed by atoms with Crippen molar-refractivity contribution >= 4 is 11.9 Å². The first-order valence-corrected chi connectivity index (χ1v) is 11.4. The van der Waals surface area contributed by atoms with Gasteiger partial charge >= 0.3 is 11.9 Å². The summed E-state index contributed by atoms with van der Waals surface area (Å²) in [6.45, 7) is 2.28. The summed E-state index contributed by atoms with van der Waals surface area (Å²) >= 11 is 0.